The predicted molar refractivity (Wildman–Crippen MR) is 91.1 cm³/mol. The maximum Gasteiger partial charge on any atom is 0.335 e. The van der Waals surface area contributed by atoms with Crippen molar-refractivity contribution >= 4 is 23.6 Å². The lowest BCUT2D eigenvalue weighted by atomic mass is 9.75. The lowest BCUT2D eigenvalue weighted by Crippen LogP contribution is -2.47. The van der Waals surface area contributed by atoms with Crippen LogP contribution in [0.3, 0.4) is 0 Å². The molecular weight excluding hydrogens is 314 g/mol. The van der Waals surface area contributed by atoms with Crippen LogP contribution in [0.2, 0.25) is 0 Å². The summed E-state index contributed by atoms with van der Waals surface area (Å²) in [7, 11) is 1.56. The highest BCUT2D eigenvalue weighted by Crippen LogP contribution is 2.37. The average molecular weight is 337 g/mol. The van der Waals surface area contributed by atoms with Gasteiger partial charge in [-0.05, 0) is 54.9 Å². The zero-order chi connectivity index (χ0) is 16.8. The Morgan fingerprint density at radius 3 is 2.78 bits per heavy atom. The summed E-state index contributed by atoms with van der Waals surface area (Å²) in [6.45, 7) is 0. The van der Waals surface area contributed by atoms with E-state index in [0.29, 0.717) is 17.9 Å². The Morgan fingerprint density at radius 1 is 1.43 bits per heavy atom. The minimum Gasteiger partial charge on any atom is -0.478 e. The number of ether oxygens (including phenoxy) is 1. The highest BCUT2D eigenvalue weighted by atomic mass is 32.2. The second-order valence-electron chi connectivity index (χ2n) is 5.81. The summed E-state index contributed by atoms with van der Waals surface area (Å²) in [4.78, 5) is 23.2. The zero-order valence-electron chi connectivity index (χ0n) is 13.5. The van der Waals surface area contributed by atoms with Crippen molar-refractivity contribution < 1.29 is 19.4 Å². The third-order valence-corrected chi connectivity index (χ3v) is 4.89. The fourth-order valence-corrected chi connectivity index (χ4v) is 3.26. The average Bonchev–Trinajstić information content (AvgIpc) is 2.51. The normalized spacial score (nSPS) is 21.3. The van der Waals surface area contributed by atoms with Gasteiger partial charge < -0.3 is 15.2 Å². The highest BCUT2D eigenvalue weighted by Gasteiger charge is 2.33. The number of carboxylic acid groups (broad SMARTS) is 1. The number of thioether (sulfide) groups is 1. The van der Waals surface area contributed by atoms with Crippen molar-refractivity contribution in [3.05, 3.63) is 35.4 Å². The van der Waals surface area contributed by atoms with Gasteiger partial charge in [-0.2, -0.15) is 11.8 Å². The van der Waals surface area contributed by atoms with Crippen LogP contribution in [0.5, 0.6) is 0 Å². The molecule has 1 saturated carbocycles. The van der Waals surface area contributed by atoms with E-state index < -0.39 is 12.1 Å². The number of hydrogen-bond donors (Lipinski definition) is 2. The number of carbonyl (C=O) groups is 2. The quantitative estimate of drug-likeness (QED) is 0.762. The fraction of sp³-hybridized carbons (Fsp3) is 0.529. The van der Waals surface area contributed by atoms with E-state index in [1.165, 1.54) is 0 Å². The lowest BCUT2D eigenvalue weighted by Gasteiger charge is -2.37. The molecule has 0 spiro atoms. The Kier molecular flexibility index (Phi) is 6.47. The molecule has 2 N–H and O–H groups in total. The molecule has 0 aliphatic heterocycles. The number of hydrogen-bond acceptors (Lipinski definition) is 4. The minimum absolute atomic E-state index is 0.0516. The third kappa shape index (κ3) is 4.72. The SMILES string of the molecule is COC(CCSC)C(=O)NC1CC(c2cccc(C(=O)O)c2)C1. The first-order chi connectivity index (χ1) is 11.0. The predicted octanol–water partition coefficient (Wildman–Crippen LogP) is 2.52. The maximum atomic E-state index is 12.1. The summed E-state index contributed by atoms with van der Waals surface area (Å²) in [5.74, 6) is 0.241. The number of carbonyl (C=O) groups excluding carboxylic acids is 1. The molecule has 1 aliphatic rings. The molecule has 1 atom stereocenters. The Morgan fingerprint density at radius 2 is 2.17 bits per heavy atom. The first-order valence-corrected chi connectivity index (χ1v) is 9.10. The van der Waals surface area contributed by atoms with E-state index >= 15 is 0 Å². The molecule has 0 bridgehead atoms. The summed E-state index contributed by atoms with van der Waals surface area (Å²) in [5.41, 5.74) is 1.34. The van der Waals surface area contributed by atoms with Gasteiger partial charge in [0.15, 0.2) is 0 Å². The Balaban J connectivity index is 1.83. The molecule has 1 aromatic rings. The van der Waals surface area contributed by atoms with Gasteiger partial charge in [0, 0.05) is 13.2 Å². The van der Waals surface area contributed by atoms with E-state index in [4.69, 9.17) is 9.84 Å². The van der Waals surface area contributed by atoms with Gasteiger partial charge in [-0.25, -0.2) is 4.79 Å². The summed E-state index contributed by atoms with van der Waals surface area (Å²) in [5, 5.41) is 12.1. The van der Waals surface area contributed by atoms with Crippen molar-refractivity contribution in [2.24, 2.45) is 0 Å². The van der Waals surface area contributed by atoms with Crippen LogP contribution in [0.15, 0.2) is 24.3 Å². The molecule has 0 aromatic heterocycles. The number of benzene rings is 1. The van der Waals surface area contributed by atoms with Crippen LogP contribution in [-0.2, 0) is 9.53 Å². The molecule has 1 unspecified atom stereocenters. The van der Waals surface area contributed by atoms with E-state index in [2.05, 4.69) is 5.32 Å². The maximum absolute atomic E-state index is 12.1. The van der Waals surface area contributed by atoms with E-state index in [9.17, 15) is 9.59 Å². The van der Waals surface area contributed by atoms with Crippen LogP contribution in [0.1, 0.15) is 41.1 Å². The van der Waals surface area contributed by atoms with Gasteiger partial charge in [-0.3, -0.25) is 4.79 Å². The van der Waals surface area contributed by atoms with Crippen molar-refractivity contribution in [1.29, 1.82) is 0 Å². The fourth-order valence-electron chi connectivity index (χ4n) is 2.81. The van der Waals surface area contributed by atoms with Gasteiger partial charge in [0.2, 0.25) is 5.91 Å². The Labute approximate surface area is 140 Å². The van der Waals surface area contributed by atoms with E-state index in [1.54, 1.807) is 37.1 Å². The molecule has 0 radical (unpaired) electrons. The Bertz CT molecular complexity index is 557. The number of carboxylic acids is 1. The highest BCUT2D eigenvalue weighted by molar-refractivity contribution is 7.98. The Hall–Kier alpha value is -1.53. The summed E-state index contributed by atoms with van der Waals surface area (Å²) < 4.78 is 5.25. The number of methoxy groups -OCH3 is 1. The molecule has 5 nitrogen and oxygen atoms in total. The number of amides is 1. The molecule has 1 aromatic carbocycles. The van der Waals surface area contributed by atoms with Gasteiger partial charge in [0.1, 0.15) is 6.10 Å². The van der Waals surface area contributed by atoms with Crippen molar-refractivity contribution in [2.45, 2.75) is 37.3 Å². The number of nitrogens with one attached hydrogen (secondary N) is 1. The molecule has 126 valence electrons. The van der Waals surface area contributed by atoms with E-state index in [0.717, 1.165) is 24.2 Å². The van der Waals surface area contributed by atoms with Crippen LogP contribution in [0.25, 0.3) is 0 Å². The van der Waals surface area contributed by atoms with Gasteiger partial charge in [0.25, 0.3) is 0 Å². The summed E-state index contributed by atoms with van der Waals surface area (Å²) >= 11 is 1.69. The smallest absolute Gasteiger partial charge is 0.335 e. The second kappa shape index (κ2) is 8.36. The largest absolute Gasteiger partial charge is 0.478 e. The molecule has 0 saturated heterocycles. The molecule has 1 aliphatic carbocycles. The van der Waals surface area contributed by atoms with Gasteiger partial charge >= 0.3 is 5.97 Å². The number of rotatable bonds is 8. The van der Waals surface area contributed by atoms with Crippen molar-refractivity contribution in [3.63, 3.8) is 0 Å². The van der Waals surface area contributed by atoms with Crippen LogP contribution in [-0.4, -0.2) is 48.2 Å². The molecule has 2 rings (SSSR count). The first kappa shape index (κ1) is 17.8. The molecule has 1 fully saturated rings. The summed E-state index contributed by atoms with van der Waals surface area (Å²) in [6, 6.07) is 7.19. The van der Waals surface area contributed by atoms with Crippen LogP contribution < -0.4 is 5.32 Å². The monoisotopic (exact) mass is 337 g/mol. The van der Waals surface area contributed by atoms with Gasteiger partial charge in [-0.15, -0.1) is 0 Å². The minimum atomic E-state index is -0.909. The van der Waals surface area contributed by atoms with Gasteiger partial charge in [0.05, 0.1) is 5.56 Å². The zero-order valence-corrected chi connectivity index (χ0v) is 14.3. The standard InChI is InChI=1S/C17H23NO4S/c1-22-15(6-7-23-2)16(19)18-14-9-13(10-14)11-4-3-5-12(8-11)17(20)21/h3-5,8,13-15H,6-7,9-10H2,1-2H3,(H,18,19)(H,20,21). The van der Waals surface area contributed by atoms with E-state index in [-0.39, 0.29) is 11.9 Å². The third-order valence-electron chi connectivity index (χ3n) is 4.25. The van der Waals surface area contributed by atoms with Crippen molar-refractivity contribution in [3.8, 4) is 0 Å². The topological polar surface area (TPSA) is 75.6 Å². The van der Waals surface area contributed by atoms with Crippen molar-refractivity contribution in [2.75, 3.05) is 19.1 Å². The molecular formula is C17H23NO4S. The lowest BCUT2D eigenvalue weighted by molar-refractivity contribution is -0.132. The molecule has 23 heavy (non-hydrogen) atoms. The van der Waals surface area contributed by atoms with Crippen LogP contribution >= 0.6 is 11.8 Å². The first-order valence-electron chi connectivity index (χ1n) is 7.70. The van der Waals surface area contributed by atoms with Crippen molar-refractivity contribution in [1.82, 2.24) is 5.32 Å². The molecule has 0 heterocycles. The molecule has 1 amide bonds. The van der Waals surface area contributed by atoms with Gasteiger partial charge in [-0.1, -0.05) is 12.1 Å². The van der Waals surface area contributed by atoms with Crippen LogP contribution in [0.4, 0.5) is 0 Å². The number of aromatic carboxylic acids is 1. The van der Waals surface area contributed by atoms with Crippen LogP contribution in [0, 0.1) is 0 Å². The second-order valence-corrected chi connectivity index (χ2v) is 6.80. The summed E-state index contributed by atoms with van der Waals surface area (Å²) in [6.07, 6.45) is 4.01. The van der Waals surface area contributed by atoms with E-state index in [1.807, 2.05) is 12.3 Å². The molecule has 6 heteroatoms.